The van der Waals surface area contributed by atoms with Crippen molar-refractivity contribution in [1.82, 2.24) is 19.6 Å². The molecule has 0 atom stereocenters. The fourth-order valence-electron chi connectivity index (χ4n) is 2.28. The fourth-order valence-corrected chi connectivity index (χ4v) is 2.28. The topological polar surface area (TPSA) is 61.7 Å². The molecule has 0 aromatic carbocycles. The first-order valence-corrected chi connectivity index (χ1v) is 7.02. The zero-order valence-corrected chi connectivity index (χ0v) is 11.8. The van der Waals surface area contributed by atoms with Crippen LogP contribution in [-0.4, -0.2) is 26.1 Å². The zero-order valence-electron chi connectivity index (χ0n) is 11.8. The van der Waals surface area contributed by atoms with E-state index in [1.165, 1.54) is 5.56 Å². The molecule has 0 fully saturated rings. The summed E-state index contributed by atoms with van der Waals surface area (Å²) in [6, 6.07) is 2.57. The number of rotatable bonds is 7. The summed E-state index contributed by atoms with van der Waals surface area (Å²) >= 11 is 0. The monoisotopic (exact) mass is 261 g/mol. The van der Waals surface area contributed by atoms with Gasteiger partial charge >= 0.3 is 0 Å². The van der Waals surface area contributed by atoms with Gasteiger partial charge in [0.25, 0.3) is 0 Å². The molecular formula is C14H23N5. The Hall–Kier alpha value is -1.62. The van der Waals surface area contributed by atoms with Crippen LogP contribution in [0.15, 0.2) is 24.7 Å². The molecule has 0 unspecified atom stereocenters. The lowest BCUT2D eigenvalue weighted by atomic mass is 10.2. The lowest BCUT2D eigenvalue weighted by Gasteiger charge is -2.12. The summed E-state index contributed by atoms with van der Waals surface area (Å²) in [5.41, 5.74) is 7.77. The van der Waals surface area contributed by atoms with E-state index >= 15 is 0 Å². The maximum absolute atomic E-state index is 5.54. The molecule has 0 radical (unpaired) electrons. The average molecular weight is 261 g/mol. The standard InChI is InChI=1S/C14H23N5/c1-3-14(4-2)19-8-6-13(17-19)11-18-10-12(5-7-15)9-16-18/h6,8-10,14H,3-5,7,11,15H2,1-2H3. The quantitative estimate of drug-likeness (QED) is 0.829. The molecule has 5 nitrogen and oxygen atoms in total. The molecule has 0 aliphatic rings. The van der Waals surface area contributed by atoms with Gasteiger partial charge in [-0.1, -0.05) is 13.8 Å². The van der Waals surface area contributed by atoms with Crippen molar-refractivity contribution in [3.05, 3.63) is 35.9 Å². The second-order valence-corrected chi connectivity index (χ2v) is 4.84. The number of hydrogen-bond acceptors (Lipinski definition) is 3. The van der Waals surface area contributed by atoms with E-state index < -0.39 is 0 Å². The minimum absolute atomic E-state index is 0.499. The fraction of sp³-hybridized carbons (Fsp3) is 0.571. The number of aromatic nitrogens is 4. The van der Waals surface area contributed by atoms with E-state index in [2.05, 4.69) is 41.0 Å². The van der Waals surface area contributed by atoms with E-state index in [1.54, 1.807) is 0 Å². The minimum Gasteiger partial charge on any atom is -0.330 e. The van der Waals surface area contributed by atoms with Gasteiger partial charge in [0.15, 0.2) is 0 Å². The van der Waals surface area contributed by atoms with Gasteiger partial charge in [-0.25, -0.2) is 0 Å². The first-order valence-electron chi connectivity index (χ1n) is 7.02. The third-order valence-electron chi connectivity index (χ3n) is 3.42. The molecular weight excluding hydrogens is 238 g/mol. The summed E-state index contributed by atoms with van der Waals surface area (Å²) in [6.07, 6.45) is 9.09. The maximum Gasteiger partial charge on any atom is 0.0849 e. The summed E-state index contributed by atoms with van der Waals surface area (Å²) < 4.78 is 3.99. The lowest BCUT2D eigenvalue weighted by molar-refractivity contribution is 0.424. The van der Waals surface area contributed by atoms with E-state index in [9.17, 15) is 0 Å². The minimum atomic E-state index is 0.499. The normalized spacial score (nSPS) is 11.4. The Kier molecular flexibility index (Phi) is 4.74. The highest BCUT2D eigenvalue weighted by Crippen LogP contribution is 2.14. The molecule has 0 bridgehead atoms. The molecule has 2 aromatic heterocycles. The van der Waals surface area contributed by atoms with Crippen LogP contribution in [0, 0.1) is 0 Å². The second kappa shape index (κ2) is 6.52. The molecule has 2 heterocycles. The SMILES string of the molecule is CCC(CC)n1ccc(Cn2cc(CCN)cn2)n1. The van der Waals surface area contributed by atoms with Crippen molar-refractivity contribution in [1.29, 1.82) is 0 Å². The van der Waals surface area contributed by atoms with Crippen LogP contribution in [0.5, 0.6) is 0 Å². The Labute approximate surface area is 114 Å². The van der Waals surface area contributed by atoms with Gasteiger partial charge in [0.05, 0.1) is 24.5 Å². The third-order valence-corrected chi connectivity index (χ3v) is 3.42. The van der Waals surface area contributed by atoms with Crippen LogP contribution < -0.4 is 5.73 Å². The second-order valence-electron chi connectivity index (χ2n) is 4.84. The van der Waals surface area contributed by atoms with E-state index in [0.29, 0.717) is 12.6 Å². The molecule has 2 rings (SSSR count). The lowest BCUT2D eigenvalue weighted by Crippen LogP contribution is -2.09. The van der Waals surface area contributed by atoms with E-state index in [4.69, 9.17) is 5.73 Å². The van der Waals surface area contributed by atoms with Gasteiger partial charge in [0, 0.05) is 12.4 Å². The summed E-state index contributed by atoms with van der Waals surface area (Å²) in [7, 11) is 0. The van der Waals surface area contributed by atoms with E-state index in [1.807, 2.05) is 17.1 Å². The van der Waals surface area contributed by atoms with Crippen molar-refractivity contribution in [2.45, 2.75) is 45.7 Å². The van der Waals surface area contributed by atoms with Crippen LogP contribution in [0.4, 0.5) is 0 Å². The summed E-state index contributed by atoms with van der Waals surface area (Å²) in [6.45, 7) is 5.77. The van der Waals surface area contributed by atoms with Gasteiger partial charge in [0.2, 0.25) is 0 Å². The van der Waals surface area contributed by atoms with Crippen molar-refractivity contribution in [2.75, 3.05) is 6.54 Å². The van der Waals surface area contributed by atoms with Crippen molar-refractivity contribution in [3.63, 3.8) is 0 Å². The van der Waals surface area contributed by atoms with Crippen molar-refractivity contribution >= 4 is 0 Å². The summed E-state index contributed by atoms with van der Waals surface area (Å²) in [5.74, 6) is 0. The van der Waals surface area contributed by atoms with Crippen molar-refractivity contribution < 1.29 is 0 Å². The first kappa shape index (κ1) is 13.8. The van der Waals surface area contributed by atoms with Crippen LogP contribution in [0.25, 0.3) is 0 Å². The highest BCUT2D eigenvalue weighted by atomic mass is 15.3. The smallest absolute Gasteiger partial charge is 0.0849 e. The molecule has 5 heteroatoms. The summed E-state index contributed by atoms with van der Waals surface area (Å²) in [5, 5.41) is 8.97. The van der Waals surface area contributed by atoms with Gasteiger partial charge in [0.1, 0.15) is 0 Å². The maximum atomic E-state index is 5.54. The molecule has 0 saturated carbocycles. The third kappa shape index (κ3) is 3.44. The average Bonchev–Trinajstić information content (AvgIpc) is 3.02. The number of hydrogen-bond donors (Lipinski definition) is 1. The van der Waals surface area contributed by atoms with Gasteiger partial charge in [-0.05, 0) is 37.4 Å². The van der Waals surface area contributed by atoms with Gasteiger partial charge in [-0.3, -0.25) is 9.36 Å². The predicted octanol–water partition coefficient (Wildman–Crippen LogP) is 1.99. The Bertz CT molecular complexity index is 495. The van der Waals surface area contributed by atoms with Crippen LogP contribution in [-0.2, 0) is 13.0 Å². The number of nitrogens with zero attached hydrogens (tertiary/aromatic N) is 4. The summed E-state index contributed by atoms with van der Waals surface area (Å²) in [4.78, 5) is 0. The Morgan fingerprint density at radius 1 is 1.32 bits per heavy atom. The van der Waals surface area contributed by atoms with Crippen LogP contribution in [0.3, 0.4) is 0 Å². The molecule has 104 valence electrons. The van der Waals surface area contributed by atoms with Gasteiger partial charge in [-0.2, -0.15) is 10.2 Å². The van der Waals surface area contributed by atoms with Crippen LogP contribution in [0.2, 0.25) is 0 Å². The molecule has 0 amide bonds. The highest BCUT2D eigenvalue weighted by Gasteiger charge is 2.08. The number of nitrogens with two attached hydrogens (primary N) is 1. The van der Waals surface area contributed by atoms with Crippen molar-refractivity contribution in [3.8, 4) is 0 Å². The molecule has 0 saturated heterocycles. The Balaban J connectivity index is 2.02. The zero-order chi connectivity index (χ0) is 13.7. The molecule has 0 aliphatic carbocycles. The highest BCUT2D eigenvalue weighted by molar-refractivity contribution is 5.07. The van der Waals surface area contributed by atoms with E-state index in [-0.39, 0.29) is 0 Å². The van der Waals surface area contributed by atoms with Crippen LogP contribution >= 0.6 is 0 Å². The molecule has 0 spiro atoms. The first-order chi connectivity index (χ1) is 9.26. The molecule has 2 aromatic rings. The van der Waals surface area contributed by atoms with Gasteiger partial charge < -0.3 is 5.73 Å². The Morgan fingerprint density at radius 2 is 2.11 bits per heavy atom. The predicted molar refractivity (Wildman–Crippen MR) is 75.9 cm³/mol. The van der Waals surface area contributed by atoms with Gasteiger partial charge in [-0.15, -0.1) is 0 Å². The molecule has 0 aliphatic heterocycles. The molecule has 2 N–H and O–H groups in total. The van der Waals surface area contributed by atoms with E-state index in [0.717, 1.165) is 31.5 Å². The van der Waals surface area contributed by atoms with Crippen molar-refractivity contribution in [2.24, 2.45) is 5.73 Å². The van der Waals surface area contributed by atoms with Crippen LogP contribution in [0.1, 0.15) is 44.0 Å². The Morgan fingerprint density at radius 3 is 2.79 bits per heavy atom. The molecule has 19 heavy (non-hydrogen) atoms. The largest absolute Gasteiger partial charge is 0.330 e.